The van der Waals surface area contributed by atoms with Crippen molar-refractivity contribution in [1.29, 1.82) is 0 Å². The lowest BCUT2D eigenvalue weighted by molar-refractivity contribution is 0.0679. The van der Waals surface area contributed by atoms with Gasteiger partial charge in [-0.05, 0) is 32.7 Å². The van der Waals surface area contributed by atoms with Gasteiger partial charge in [-0.15, -0.1) is 6.58 Å². The zero-order valence-corrected chi connectivity index (χ0v) is 10.1. The normalized spacial score (nSPS) is 13.2. The van der Waals surface area contributed by atoms with E-state index in [0.717, 1.165) is 26.1 Å². The lowest BCUT2D eigenvalue weighted by atomic mass is 10.2. The summed E-state index contributed by atoms with van der Waals surface area (Å²) in [6.45, 7) is 15.2. The van der Waals surface area contributed by atoms with Crippen molar-refractivity contribution in [2.45, 2.75) is 40.2 Å². The molecule has 0 fully saturated rings. The van der Waals surface area contributed by atoms with Gasteiger partial charge in [-0.25, -0.2) is 0 Å². The number of rotatable bonds is 8. The van der Waals surface area contributed by atoms with Crippen LogP contribution in [0.15, 0.2) is 12.2 Å². The van der Waals surface area contributed by atoms with Gasteiger partial charge < -0.3 is 10.1 Å². The smallest absolute Gasteiger partial charge is 0.0671 e. The van der Waals surface area contributed by atoms with Crippen LogP contribution in [0.1, 0.15) is 34.1 Å². The summed E-state index contributed by atoms with van der Waals surface area (Å²) in [5, 5.41) is 3.38. The molecule has 0 heterocycles. The average molecular weight is 199 g/mol. The highest BCUT2D eigenvalue weighted by molar-refractivity contribution is 4.87. The Morgan fingerprint density at radius 1 is 1.29 bits per heavy atom. The van der Waals surface area contributed by atoms with Gasteiger partial charge >= 0.3 is 0 Å². The van der Waals surface area contributed by atoms with Crippen LogP contribution in [0, 0.1) is 5.92 Å². The molecule has 0 saturated heterocycles. The molecular formula is C12H25NO. The molecule has 14 heavy (non-hydrogen) atoms. The molecule has 0 radical (unpaired) electrons. The van der Waals surface area contributed by atoms with Gasteiger partial charge in [0.2, 0.25) is 0 Å². The van der Waals surface area contributed by atoms with Crippen molar-refractivity contribution in [3.8, 4) is 0 Å². The highest BCUT2D eigenvalue weighted by Crippen LogP contribution is 1.98. The molecule has 2 heteroatoms. The van der Waals surface area contributed by atoms with Gasteiger partial charge in [0, 0.05) is 6.54 Å². The standard InChI is InChI=1S/C12H25NO/c1-10(2)6-7-14-12(5)9-13-8-11(3)4/h11-13H,1,6-9H2,2-5H3. The summed E-state index contributed by atoms with van der Waals surface area (Å²) >= 11 is 0. The molecular weight excluding hydrogens is 174 g/mol. The van der Waals surface area contributed by atoms with E-state index in [0.29, 0.717) is 12.0 Å². The molecule has 0 aromatic rings. The second-order valence-electron chi connectivity index (χ2n) is 4.44. The quantitative estimate of drug-likeness (QED) is 0.607. The second kappa shape index (κ2) is 8.01. The molecule has 0 saturated carbocycles. The fraction of sp³-hybridized carbons (Fsp3) is 0.833. The molecule has 0 spiro atoms. The average Bonchev–Trinajstić information content (AvgIpc) is 2.02. The Morgan fingerprint density at radius 2 is 1.93 bits per heavy atom. The summed E-state index contributed by atoms with van der Waals surface area (Å²) in [6, 6.07) is 0. The number of hydrogen-bond donors (Lipinski definition) is 1. The van der Waals surface area contributed by atoms with Crippen LogP contribution in [-0.4, -0.2) is 25.8 Å². The lowest BCUT2D eigenvalue weighted by Gasteiger charge is -2.14. The monoisotopic (exact) mass is 199 g/mol. The molecule has 0 amide bonds. The Labute approximate surface area is 88.7 Å². The van der Waals surface area contributed by atoms with E-state index in [1.165, 1.54) is 5.57 Å². The van der Waals surface area contributed by atoms with Crippen molar-refractivity contribution in [3.63, 3.8) is 0 Å². The van der Waals surface area contributed by atoms with Gasteiger partial charge in [0.15, 0.2) is 0 Å². The van der Waals surface area contributed by atoms with Crippen molar-refractivity contribution in [3.05, 3.63) is 12.2 Å². The van der Waals surface area contributed by atoms with Crippen LogP contribution in [0.3, 0.4) is 0 Å². The zero-order chi connectivity index (χ0) is 11.0. The van der Waals surface area contributed by atoms with Crippen LogP contribution in [-0.2, 0) is 4.74 Å². The summed E-state index contributed by atoms with van der Waals surface area (Å²) in [7, 11) is 0. The molecule has 0 aliphatic rings. The minimum Gasteiger partial charge on any atom is -0.377 e. The van der Waals surface area contributed by atoms with Crippen LogP contribution in [0.25, 0.3) is 0 Å². The molecule has 1 N–H and O–H groups in total. The maximum Gasteiger partial charge on any atom is 0.0671 e. The molecule has 0 aliphatic heterocycles. The maximum absolute atomic E-state index is 5.61. The first-order valence-electron chi connectivity index (χ1n) is 5.49. The Hall–Kier alpha value is -0.340. The molecule has 0 aliphatic carbocycles. The van der Waals surface area contributed by atoms with E-state index in [1.54, 1.807) is 0 Å². The SMILES string of the molecule is C=C(C)CCOC(C)CNCC(C)C. The predicted octanol–water partition coefficient (Wildman–Crippen LogP) is 2.60. The topological polar surface area (TPSA) is 21.3 Å². The van der Waals surface area contributed by atoms with E-state index in [-0.39, 0.29) is 0 Å². The molecule has 1 atom stereocenters. The Morgan fingerprint density at radius 3 is 2.43 bits per heavy atom. The molecule has 1 unspecified atom stereocenters. The zero-order valence-electron chi connectivity index (χ0n) is 10.1. The van der Waals surface area contributed by atoms with Gasteiger partial charge in [-0.1, -0.05) is 19.4 Å². The van der Waals surface area contributed by atoms with Gasteiger partial charge in [-0.3, -0.25) is 0 Å². The maximum atomic E-state index is 5.61. The van der Waals surface area contributed by atoms with E-state index < -0.39 is 0 Å². The first-order chi connectivity index (χ1) is 6.52. The van der Waals surface area contributed by atoms with Gasteiger partial charge in [-0.2, -0.15) is 0 Å². The van der Waals surface area contributed by atoms with Crippen LogP contribution in [0.2, 0.25) is 0 Å². The summed E-state index contributed by atoms with van der Waals surface area (Å²) < 4.78 is 5.61. The Balaban J connectivity index is 3.27. The largest absolute Gasteiger partial charge is 0.377 e. The van der Waals surface area contributed by atoms with Crippen molar-refractivity contribution in [2.24, 2.45) is 5.92 Å². The summed E-state index contributed by atoms with van der Waals surface area (Å²) in [6.07, 6.45) is 1.27. The first-order valence-corrected chi connectivity index (χ1v) is 5.49. The molecule has 84 valence electrons. The van der Waals surface area contributed by atoms with Crippen molar-refractivity contribution in [1.82, 2.24) is 5.32 Å². The lowest BCUT2D eigenvalue weighted by Crippen LogP contribution is -2.29. The van der Waals surface area contributed by atoms with Gasteiger partial charge in [0.25, 0.3) is 0 Å². The molecule has 0 aromatic heterocycles. The number of hydrogen-bond acceptors (Lipinski definition) is 2. The third kappa shape index (κ3) is 9.75. The van der Waals surface area contributed by atoms with Crippen LogP contribution >= 0.6 is 0 Å². The van der Waals surface area contributed by atoms with E-state index in [2.05, 4.69) is 32.7 Å². The van der Waals surface area contributed by atoms with Gasteiger partial charge in [0.1, 0.15) is 0 Å². The van der Waals surface area contributed by atoms with Crippen molar-refractivity contribution < 1.29 is 4.74 Å². The van der Waals surface area contributed by atoms with E-state index in [9.17, 15) is 0 Å². The van der Waals surface area contributed by atoms with Crippen molar-refractivity contribution >= 4 is 0 Å². The van der Waals surface area contributed by atoms with Gasteiger partial charge in [0.05, 0.1) is 12.7 Å². The summed E-state index contributed by atoms with van der Waals surface area (Å²) in [4.78, 5) is 0. The minimum atomic E-state index is 0.299. The fourth-order valence-electron chi connectivity index (χ4n) is 1.07. The predicted molar refractivity (Wildman–Crippen MR) is 62.6 cm³/mol. The molecule has 2 nitrogen and oxygen atoms in total. The Kier molecular flexibility index (Phi) is 7.81. The number of nitrogens with one attached hydrogen (secondary N) is 1. The third-order valence-electron chi connectivity index (χ3n) is 1.92. The van der Waals surface area contributed by atoms with Crippen molar-refractivity contribution in [2.75, 3.05) is 19.7 Å². The second-order valence-corrected chi connectivity index (χ2v) is 4.44. The minimum absolute atomic E-state index is 0.299. The van der Waals surface area contributed by atoms with Crippen LogP contribution < -0.4 is 5.32 Å². The molecule has 0 aromatic carbocycles. The third-order valence-corrected chi connectivity index (χ3v) is 1.92. The fourth-order valence-corrected chi connectivity index (χ4v) is 1.07. The van der Waals surface area contributed by atoms with E-state index in [4.69, 9.17) is 4.74 Å². The van der Waals surface area contributed by atoms with E-state index >= 15 is 0 Å². The molecule has 0 rings (SSSR count). The first kappa shape index (κ1) is 13.7. The van der Waals surface area contributed by atoms with Crippen LogP contribution in [0.5, 0.6) is 0 Å². The summed E-state index contributed by atoms with van der Waals surface area (Å²) in [5.74, 6) is 0.706. The highest BCUT2D eigenvalue weighted by Gasteiger charge is 2.01. The molecule has 0 bridgehead atoms. The Bertz CT molecular complexity index is 154. The van der Waals surface area contributed by atoms with Crippen LogP contribution in [0.4, 0.5) is 0 Å². The van der Waals surface area contributed by atoms with E-state index in [1.807, 2.05) is 6.92 Å². The summed E-state index contributed by atoms with van der Waals surface area (Å²) in [5.41, 5.74) is 1.19. The number of ether oxygens (including phenoxy) is 1. The highest BCUT2D eigenvalue weighted by atomic mass is 16.5.